The van der Waals surface area contributed by atoms with Crippen molar-refractivity contribution in [2.45, 2.75) is 38.8 Å². The Labute approximate surface area is 137 Å². The zero-order valence-corrected chi connectivity index (χ0v) is 13.5. The Hall–Kier alpha value is -2.51. The lowest BCUT2D eigenvalue weighted by atomic mass is 9.89. The van der Waals surface area contributed by atoms with E-state index in [4.69, 9.17) is 5.11 Å². The molecule has 0 aromatic heterocycles. The number of carbonyl (C=O) groups excluding carboxylic acids is 2. The second-order valence-corrected chi connectivity index (χ2v) is 5.93. The first-order valence-electron chi connectivity index (χ1n) is 7.46. The number of rotatable bonds is 5. The number of halogens is 2. The normalized spacial score (nSPS) is 22.2. The number of carboxylic acid groups (broad SMARTS) is 1. The second kappa shape index (κ2) is 6.18. The van der Waals surface area contributed by atoms with Crippen molar-refractivity contribution < 1.29 is 28.3 Å². The summed E-state index contributed by atoms with van der Waals surface area (Å²) >= 11 is 0. The Morgan fingerprint density at radius 1 is 1.25 bits per heavy atom. The van der Waals surface area contributed by atoms with Gasteiger partial charge in [0.15, 0.2) is 0 Å². The van der Waals surface area contributed by atoms with Gasteiger partial charge in [-0.1, -0.05) is 6.92 Å². The monoisotopic (exact) mass is 340 g/mol. The average molecular weight is 340 g/mol. The fraction of sp³-hybridized carbons (Fsp3) is 0.438. The van der Waals surface area contributed by atoms with E-state index in [-0.39, 0.29) is 5.56 Å². The van der Waals surface area contributed by atoms with Crippen molar-refractivity contribution in [2.24, 2.45) is 0 Å². The van der Waals surface area contributed by atoms with E-state index in [0.717, 1.165) is 21.9 Å². The number of benzene rings is 1. The topological polar surface area (TPSA) is 77.9 Å². The third kappa shape index (κ3) is 2.72. The van der Waals surface area contributed by atoms with Crippen LogP contribution in [0.4, 0.5) is 13.6 Å². The molecule has 2 rings (SSSR count). The molecule has 24 heavy (non-hydrogen) atoms. The molecule has 0 saturated carbocycles. The van der Waals surface area contributed by atoms with Crippen molar-refractivity contribution in [1.82, 2.24) is 9.80 Å². The zero-order chi connectivity index (χ0) is 18.2. The van der Waals surface area contributed by atoms with Crippen molar-refractivity contribution in [1.29, 1.82) is 0 Å². The summed E-state index contributed by atoms with van der Waals surface area (Å²) in [6, 6.07) is 1.25. The van der Waals surface area contributed by atoms with E-state index in [2.05, 4.69) is 0 Å². The largest absolute Gasteiger partial charge is 0.480 e. The van der Waals surface area contributed by atoms with Gasteiger partial charge in [-0.25, -0.2) is 13.6 Å². The van der Waals surface area contributed by atoms with Crippen LogP contribution >= 0.6 is 0 Å². The summed E-state index contributed by atoms with van der Waals surface area (Å²) in [7, 11) is 0. The fourth-order valence-corrected chi connectivity index (χ4v) is 2.80. The number of imide groups is 1. The molecule has 1 aliphatic rings. The van der Waals surface area contributed by atoms with Gasteiger partial charge < -0.3 is 5.11 Å². The standard InChI is InChI=1S/C16H18F2N2O4/c1-4-9(2)20-14(23)16(3,19(15(20)24)8-13(21)22)10-5-11(17)7-12(18)6-10/h5-7,9H,4,8H2,1-3H3,(H,21,22)/t9-,16?/m1/s1. The van der Waals surface area contributed by atoms with Gasteiger partial charge in [-0.2, -0.15) is 0 Å². The van der Waals surface area contributed by atoms with Crippen LogP contribution in [0, 0.1) is 11.6 Å². The van der Waals surface area contributed by atoms with Gasteiger partial charge in [-0.3, -0.25) is 19.4 Å². The van der Waals surface area contributed by atoms with Gasteiger partial charge in [0.05, 0.1) is 0 Å². The fourth-order valence-electron chi connectivity index (χ4n) is 2.80. The van der Waals surface area contributed by atoms with Crippen molar-refractivity contribution in [3.63, 3.8) is 0 Å². The highest BCUT2D eigenvalue weighted by molar-refractivity contribution is 6.08. The predicted octanol–water partition coefficient (Wildman–Crippen LogP) is 2.33. The van der Waals surface area contributed by atoms with Gasteiger partial charge >= 0.3 is 12.0 Å². The minimum absolute atomic E-state index is 0.106. The van der Waals surface area contributed by atoms with E-state index >= 15 is 0 Å². The lowest BCUT2D eigenvalue weighted by Gasteiger charge is -2.31. The molecule has 1 N–H and O–H groups in total. The van der Waals surface area contributed by atoms with Crippen molar-refractivity contribution in [3.05, 3.63) is 35.4 Å². The number of carbonyl (C=O) groups is 3. The molecule has 3 amide bonds. The third-order valence-corrected chi connectivity index (χ3v) is 4.36. The van der Waals surface area contributed by atoms with Crippen LogP contribution in [0.15, 0.2) is 18.2 Å². The lowest BCUT2D eigenvalue weighted by molar-refractivity contribution is -0.140. The summed E-state index contributed by atoms with van der Waals surface area (Å²) in [4.78, 5) is 38.4. The molecule has 8 heteroatoms. The quantitative estimate of drug-likeness (QED) is 0.835. The summed E-state index contributed by atoms with van der Waals surface area (Å²) in [5.74, 6) is -3.86. The Morgan fingerprint density at radius 2 is 1.79 bits per heavy atom. The first-order chi connectivity index (χ1) is 11.1. The molecule has 0 bridgehead atoms. The molecule has 1 saturated heterocycles. The Bertz CT molecular complexity index is 689. The highest BCUT2D eigenvalue weighted by atomic mass is 19.1. The molecule has 1 aromatic carbocycles. The predicted molar refractivity (Wildman–Crippen MR) is 80.0 cm³/mol. The maximum absolute atomic E-state index is 13.6. The molecule has 0 radical (unpaired) electrons. The first kappa shape index (κ1) is 17.8. The lowest BCUT2D eigenvalue weighted by Crippen LogP contribution is -2.46. The SMILES string of the molecule is CC[C@@H](C)N1C(=O)N(CC(=O)O)C(C)(c2cc(F)cc(F)c2)C1=O. The van der Waals surface area contributed by atoms with Crippen LogP contribution in [0.3, 0.4) is 0 Å². The Balaban J connectivity index is 2.63. The molecule has 0 aliphatic carbocycles. The highest BCUT2D eigenvalue weighted by Gasteiger charge is 2.57. The number of nitrogens with zero attached hydrogens (tertiary/aromatic N) is 2. The summed E-state index contributed by atoms with van der Waals surface area (Å²) in [6.07, 6.45) is 0.464. The molecule has 0 spiro atoms. The zero-order valence-electron chi connectivity index (χ0n) is 13.5. The second-order valence-electron chi connectivity index (χ2n) is 5.93. The molecular weight excluding hydrogens is 322 g/mol. The maximum Gasteiger partial charge on any atom is 0.328 e. The molecule has 130 valence electrons. The van der Waals surface area contributed by atoms with Gasteiger partial charge in [-0.05, 0) is 38.0 Å². The molecule has 2 atom stereocenters. The molecule has 1 heterocycles. The van der Waals surface area contributed by atoms with E-state index in [1.54, 1.807) is 13.8 Å². The molecule has 1 aliphatic heterocycles. The number of hydrogen-bond donors (Lipinski definition) is 1. The number of urea groups is 1. The van der Waals surface area contributed by atoms with E-state index in [1.807, 2.05) is 0 Å². The van der Waals surface area contributed by atoms with Crippen LogP contribution in [0.2, 0.25) is 0 Å². The number of hydrogen-bond acceptors (Lipinski definition) is 3. The molecular formula is C16H18F2N2O4. The smallest absolute Gasteiger partial charge is 0.328 e. The van der Waals surface area contributed by atoms with Crippen molar-refractivity contribution >= 4 is 17.9 Å². The van der Waals surface area contributed by atoms with Gasteiger partial charge in [0.1, 0.15) is 23.7 Å². The van der Waals surface area contributed by atoms with E-state index in [0.29, 0.717) is 12.5 Å². The van der Waals surface area contributed by atoms with E-state index in [1.165, 1.54) is 6.92 Å². The van der Waals surface area contributed by atoms with Crippen LogP contribution in [0.25, 0.3) is 0 Å². The van der Waals surface area contributed by atoms with Crippen LogP contribution in [0.1, 0.15) is 32.8 Å². The van der Waals surface area contributed by atoms with E-state index < -0.39 is 47.7 Å². The molecule has 1 unspecified atom stereocenters. The average Bonchev–Trinajstić information content (AvgIpc) is 2.67. The van der Waals surface area contributed by atoms with Crippen LogP contribution < -0.4 is 0 Å². The number of aliphatic carboxylic acids is 1. The molecule has 6 nitrogen and oxygen atoms in total. The van der Waals surface area contributed by atoms with E-state index in [9.17, 15) is 23.2 Å². The van der Waals surface area contributed by atoms with Crippen molar-refractivity contribution in [2.75, 3.05) is 6.54 Å². The van der Waals surface area contributed by atoms with Gasteiger partial charge in [0.25, 0.3) is 5.91 Å². The summed E-state index contributed by atoms with van der Waals surface area (Å²) in [6.45, 7) is 3.95. The number of amides is 3. The van der Waals surface area contributed by atoms with Gasteiger partial charge in [0.2, 0.25) is 0 Å². The highest BCUT2D eigenvalue weighted by Crippen LogP contribution is 2.38. The molecule has 1 aromatic rings. The van der Waals surface area contributed by atoms with Crippen LogP contribution in [-0.2, 0) is 15.1 Å². The first-order valence-corrected chi connectivity index (χ1v) is 7.46. The van der Waals surface area contributed by atoms with Crippen LogP contribution in [0.5, 0.6) is 0 Å². The van der Waals surface area contributed by atoms with Gasteiger partial charge in [-0.15, -0.1) is 0 Å². The molecule has 1 fully saturated rings. The maximum atomic E-state index is 13.6. The number of carboxylic acids is 1. The Morgan fingerprint density at radius 3 is 2.25 bits per heavy atom. The Kier molecular flexibility index (Phi) is 4.59. The van der Waals surface area contributed by atoms with Crippen LogP contribution in [-0.4, -0.2) is 45.4 Å². The minimum atomic E-state index is -1.79. The minimum Gasteiger partial charge on any atom is -0.480 e. The third-order valence-electron chi connectivity index (χ3n) is 4.36. The van der Waals surface area contributed by atoms with Gasteiger partial charge in [0, 0.05) is 12.1 Å². The van der Waals surface area contributed by atoms with Crippen molar-refractivity contribution in [3.8, 4) is 0 Å². The summed E-state index contributed by atoms with van der Waals surface area (Å²) in [5, 5.41) is 9.08. The summed E-state index contributed by atoms with van der Waals surface area (Å²) in [5.41, 5.74) is -1.90. The summed E-state index contributed by atoms with van der Waals surface area (Å²) < 4.78 is 27.2.